The molecular weight excluding hydrogens is 1270 g/mol. The van der Waals surface area contributed by atoms with Crippen molar-refractivity contribution in [2.24, 2.45) is 0 Å². The van der Waals surface area contributed by atoms with Crippen LogP contribution in [-0.2, 0) is 33.3 Å². The molecule has 0 bridgehead atoms. The Labute approximate surface area is 638 Å². The smallest absolute Gasteiger partial charge is 0.306 e. The van der Waals surface area contributed by atoms with E-state index in [1.54, 1.807) is 0 Å². The van der Waals surface area contributed by atoms with Crippen molar-refractivity contribution in [2.75, 3.05) is 47.5 Å². The standard InChI is InChI=1S/C94H167NO8/c1-6-8-10-12-14-16-18-20-22-24-26-28-30-32-34-36-38-40-42-44-45-46-47-49-50-52-54-56-58-60-62-64-66-68-70-72-74-76-78-80-82-84-91(96)101-88-90(89-102-94(93(98)99)100-87-86-95(3,4)5)103-92(97)85-83-81-79-77-75-73-71-69-67-65-63-61-59-57-55-53-51-48-43-41-39-37-35-33-31-29-27-25-23-21-19-17-15-13-11-9-7-2/h9,11,15,17-18,20-21,23-24,26-27,29,33,35,39,41,48,51,90,94H,6-8,10,12-14,16,19,22,25,28,30-32,34,36-38,40,42-47,49-50,52-89H2,1-5H3/b11-9-,17-15-,20-18-,23-21-,26-24-,29-27-,35-33-,41-39-,51-48-. The Morgan fingerprint density at radius 1 is 0.301 bits per heavy atom. The van der Waals surface area contributed by atoms with Crippen LogP contribution in [-0.4, -0.2) is 82.3 Å². The van der Waals surface area contributed by atoms with Crippen LogP contribution in [0.3, 0.4) is 0 Å². The second kappa shape index (κ2) is 83.6. The quantitative estimate of drug-likeness (QED) is 0.0195. The van der Waals surface area contributed by atoms with E-state index >= 15 is 0 Å². The van der Waals surface area contributed by atoms with Crippen molar-refractivity contribution in [3.63, 3.8) is 0 Å². The molecule has 0 rings (SSSR count). The fourth-order valence-corrected chi connectivity index (χ4v) is 12.8. The number of rotatable bonds is 82. The van der Waals surface area contributed by atoms with Crippen LogP contribution < -0.4 is 5.11 Å². The first-order chi connectivity index (χ1) is 50.6. The Balaban J connectivity index is 3.95. The molecule has 0 saturated heterocycles. The Morgan fingerprint density at radius 3 is 0.825 bits per heavy atom. The molecule has 0 radical (unpaired) electrons. The number of carboxylic acid groups (broad SMARTS) is 1. The largest absolute Gasteiger partial charge is 0.545 e. The second-order valence-electron chi connectivity index (χ2n) is 30.8. The molecule has 0 N–H and O–H groups in total. The number of nitrogens with zero attached hydrogens (tertiary/aromatic N) is 1. The van der Waals surface area contributed by atoms with Gasteiger partial charge in [-0.2, -0.15) is 0 Å². The maximum absolute atomic E-state index is 13.0. The summed E-state index contributed by atoms with van der Waals surface area (Å²) in [6, 6.07) is 0. The van der Waals surface area contributed by atoms with E-state index in [0.29, 0.717) is 23.9 Å². The third-order valence-electron chi connectivity index (χ3n) is 19.5. The number of esters is 2. The lowest BCUT2D eigenvalue weighted by molar-refractivity contribution is -0.870. The van der Waals surface area contributed by atoms with E-state index in [1.807, 2.05) is 21.1 Å². The van der Waals surface area contributed by atoms with Crippen LogP contribution in [0.5, 0.6) is 0 Å². The summed E-state index contributed by atoms with van der Waals surface area (Å²) in [6.07, 6.45) is 115. The minimum atomic E-state index is -1.63. The van der Waals surface area contributed by atoms with Gasteiger partial charge in [0, 0.05) is 12.8 Å². The van der Waals surface area contributed by atoms with E-state index in [4.69, 9.17) is 18.9 Å². The summed E-state index contributed by atoms with van der Waals surface area (Å²) in [7, 11) is 5.95. The van der Waals surface area contributed by atoms with Gasteiger partial charge in [0.1, 0.15) is 13.2 Å². The Kier molecular flexibility index (Phi) is 80.3. The minimum Gasteiger partial charge on any atom is -0.545 e. The van der Waals surface area contributed by atoms with Gasteiger partial charge in [-0.25, -0.2) is 0 Å². The summed E-state index contributed by atoms with van der Waals surface area (Å²) >= 11 is 0. The highest BCUT2D eigenvalue weighted by molar-refractivity contribution is 5.70. The molecule has 0 aromatic heterocycles. The fourth-order valence-electron chi connectivity index (χ4n) is 12.8. The molecule has 0 spiro atoms. The van der Waals surface area contributed by atoms with Gasteiger partial charge in [-0.3, -0.25) is 9.59 Å². The van der Waals surface area contributed by atoms with Crippen molar-refractivity contribution in [2.45, 2.75) is 424 Å². The van der Waals surface area contributed by atoms with Crippen LogP contribution in [0.25, 0.3) is 0 Å². The van der Waals surface area contributed by atoms with Gasteiger partial charge in [-0.15, -0.1) is 0 Å². The van der Waals surface area contributed by atoms with Crippen LogP contribution in [0.1, 0.15) is 412 Å². The van der Waals surface area contributed by atoms with Gasteiger partial charge in [0.25, 0.3) is 0 Å². The number of hydrogen-bond acceptors (Lipinski definition) is 8. The number of aliphatic carboxylic acids is 1. The molecule has 0 amide bonds. The molecule has 0 fully saturated rings. The predicted molar refractivity (Wildman–Crippen MR) is 444 cm³/mol. The fraction of sp³-hybridized carbons (Fsp3) is 0.777. The monoisotopic (exact) mass is 1440 g/mol. The zero-order valence-corrected chi connectivity index (χ0v) is 68.4. The van der Waals surface area contributed by atoms with Crippen molar-refractivity contribution < 1.29 is 42.9 Å². The molecule has 9 heteroatoms. The number of quaternary nitrogens is 1. The zero-order chi connectivity index (χ0) is 74.6. The number of likely N-dealkylation sites (N-methyl/N-ethyl adjacent to an activating group) is 1. The lowest BCUT2D eigenvalue weighted by Crippen LogP contribution is -2.44. The maximum atomic E-state index is 13.0. The molecule has 0 aliphatic carbocycles. The SMILES string of the molecule is CC/C=C\C/C=C\C/C=C\C/C=C\C/C=C\C/C=C\C/C=C\CCCCCCCCCCCCCCCCCC(=O)OC(COC(=O)CCCCCCCCCCCCCCCCCCCCCCCCCCCCCCC/C=C\C/C=C\CCCCCCC)COC(OCC[N+](C)(C)C)C(=O)[O-]. The van der Waals surface area contributed by atoms with Gasteiger partial charge in [0.15, 0.2) is 12.4 Å². The number of carbonyl (C=O) groups excluding carboxylic acids is 3. The molecule has 103 heavy (non-hydrogen) atoms. The molecule has 0 aliphatic heterocycles. The number of carboxylic acids is 1. The first-order valence-corrected chi connectivity index (χ1v) is 44.0. The molecule has 9 nitrogen and oxygen atoms in total. The zero-order valence-electron chi connectivity index (χ0n) is 68.4. The predicted octanol–water partition coefficient (Wildman–Crippen LogP) is 27.5. The summed E-state index contributed by atoms with van der Waals surface area (Å²) in [5.74, 6) is -2.26. The van der Waals surface area contributed by atoms with E-state index in [0.717, 1.165) is 89.9 Å². The van der Waals surface area contributed by atoms with Gasteiger partial charge in [-0.05, 0) is 103 Å². The molecule has 596 valence electrons. The molecule has 0 saturated carbocycles. The number of unbranched alkanes of at least 4 members (excludes halogenated alkanes) is 49. The second-order valence-corrected chi connectivity index (χ2v) is 30.8. The third kappa shape index (κ3) is 85.1. The number of allylic oxidation sites excluding steroid dienone is 18. The van der Waals surface area contributed by atoms with E-state index in [-0.39, 0.29) is 32.2 Å². The molecule has 0 aromatic carbocycles. The van der Waals surface area contributed by atoms with E-state index < -0.39 is 24.3 Å². The van der Waals surface area contributed by atoms with Crippen LogP contribution in [0.4, 0.5) is 0 Å². The Morgan fingerprint density at radius 2 is 0.553 bits per heavy atom. The van der Waals surface area contributed by atoms with Crippen LogP contribution in [0.15, 0.2) is 109 Å². The lowest BCUT2D eigenvalue weighted by Gasteiger charge is -2.26. The highest BCUT2D eigenvalue weighted by Gasteiger charge is 2.22. The normalized spacial score (nSPS) is 13.1. The summed E-state index contributed by atoms with van der Waals surface area (Å²) in [5, 5.41) is 11.9. The van der Waals surface area contributed by atoms with Gasteiger partial charge in [0.2, 0.25) is 0 Å². The van der Waals surface area contributed by atoms with E-state index in [2.05, 4.69) is 123 Å². The molecule has 0 aliphatic rings. The first-order valence-electron chi connectivity index (χ1n) is 44.0. The van der Waals surface area contributed by atoms with Crippen molar-refractivity contribution in [3.05, 3.63) is 109 Å². The average molecular weight is 1440 g/mol. The summed E-state index contributed by atoms with van der Waals surface area (Å²) in [4.78, 5) is 37.7. The van der Waals surface area contributed by atoms with Gasteiger partial charge >= 0.3 is 11.9 Å². The first kappa shape index (κ1) is 98.9. The number of carbonyl (C=O) groups is 3. The highest BCUT2D eigenvalue weighted by atomic mass is 16.7. The minimum absolute atomic E-state index is 0.147. The van der Waals surface area contributed by atoms with E-state index in [1.165, 1.54) is 289 Å². The topological polar surface area (TPSA) is 111 Å². The molecule has 0 heterocycles. The van der Waals surface area contributed by atoms with Crippen molar-refractivity contribution >= 4 is 17.9 Å². The number of hydrogen-bond donors (Lipinski definition) is 0. The van der Waals surface area contributed by atoms with Crippen molar-refractivity contribution in [3.8, 4) is 0 Å². The van der Waals surface area contributed by atoms with Crippen molar-refractivity contribution in [1.29, 1.82) is 0 Å². The van der Waals surface area contributed by atoms with Gasteiger partial charge < -0.3 is 33.3 Å². The molecule has 2 unspecified atom stereocenters. The van der Waals surface area contributed by atoms with Crippen LogP contribution in [0.2, 0.25) is 0 Å². The summed E-state index contributed by atoms with van der Waals surface area (Å²) < 4.78 is 22.9. The lowest BCUT2D eigenvalue weighted by atomic mass is 10.0. The van der Waals surface area contributed by atoms with Gasteiger partial charge in [0.05, 0.1) is 40.3 Å². The maximum Gasteiger partial charge on any atom is 0.306 e. The van der Waals surface area contributed by atoms with Crippen LogP contribution in [0, 0.1) is 0 Å². The van der Waals surface area contributed by atoms with Crippen molar-refractivity contribution in [1.82, 2.24) is 0 Å². The van der Waals surface area contributed by atoms with Crippen LogP contribution >= 0.6 is 0 Å². The van der Waals surface area contributed by atoms with Gasteiger partial charge in [-0.1, -0.05) is 406 Å². The highest BCUT2D eigenvalue weighted by Crippen LogP contribution is 2.20. The average Bonchev–Trinajstić information content (AvgIpc) is 1.16. The number of ether oxygens (including phenoxy) is 4. The molecular formula is C94H167NO8. The summed E-state index contributed by atoms with van der Waals surface area (Å²) in [6.45, 7) is 4.68. The third-order valence-corrected chi connectivity index (χ3v) is 19.5. The molecule has 2 atom stereocenters. The van der Waals surface area contributed by atoms with E-state index in [9.17, 15) is 19.5 Å². The summed E-state index contributed by atoms with van der Waals surface area (Å²) in [5.41, 5.74) is 0. The Bertz CT molecular complexity index is 2070. The molecule has 0 aromatic rings. The Hall–Kier alpha value is -4.05.